The third kappa shape index (κ3) is 2.40. The third-order valence-electron chi connectivity index (χ3n) is 2.32. The second-order valence-corrected chi connectivity index (χ2v) is 3.57. The van der Waals surface area contributed by atoms with Crippen LogP contribution in [0.5, 0.6) is 0 Å². The standard InChI is InChI=1S/C10H14N6/c1-8(10-15-14-7-16(10)2)13-6-9-11-4-3-5-12-9/h3-5,7-8,13H,6H2,1-2H3. The molecule has 0 saturated carbocycles. The quantitative estimate of drug-likeness (QED) is 0.807. The molecule has 0 aromatic carbocycles. The zero-order chi connectivity index (χ0) is 11.4. The molecule has 1 N–H and O–H groups in total. The van der Waals surface area contributed by atoms with Gasteiger partial charge >= 0.3 is 0 Å². The van der Waals surface area contributed by atoms with Gasteiger partial charge in [-0.15, -0.1) is 10.2 Å². The fraction of sp³-hybridized carbons (Fsp3) is 0.400. The molecule has 84 valence electrons. The van der Waals surface area contributed by atoms with Gasteiger partial charge in [-0.05, 0) is 13.0 Å². The van der Waals surface area contributed by atoms with E-state index in [1.54, 1.807) is 24.8 Å². The zero-order valence-corrected chi connectivity index (χ0v) is 9.33. The number of hydrogen-bond donors (Lipinski definition) is 1. The summed E-state index contributed by atoms with van der Waals surface area (Å²) >= 11 is 0. The molecule has 0 fully saturated rings. The fourth-order valence-corrected chi connectivity index (χ4v) is 1.44. The molecule has 2 rings (SSSR count). The van der Waals surface area contributed by atoms with Crippen molar-refractivity contribution in [1.82, 2.24) is 30.0 Å². The Morgan fingerprint density at radius 1 is 1.38 bits per heavy atom. The Morgan fingerprint density at radius 3 is 2.75 bits per heavy atom. The van der Waals surface area contributed by atoms with E-state index in [0.29, 0.717) is 6.54 Å². The maximum atomic E-state index is 4.14. The molecule has 1 unspecified atom stereocenters. The van der Waals surface area contributed by atoms with Crippen molar-refractivity contribution >= 4 is 0 Å². The van der Waals surface area contributed by atoms with Gasteiger partial charge in [-0.2, -0.15) is 0 Å². The van der Waals surface area contributed by atoms with Gasteiger partial charge in [-0.3, -0.25) is 0 Å². The summed E-state index contributed by atoms with van der Waals surface area (Å²) in [6, 6.07) is 1.92. The van der Waals surface area contributed by atoms with Crippen LogP contribution < -0.4 is 5.32 Å². The molecule has 0 bridgehead atoms. The second kappa shape index (κ2) is 4.80. The predicted molar refractivity (Wildman–Crippen MR) is 58.3 cm³/mol. The molecular formula is C10H14N6. The number of nitrogens with zero attached hydrogens (tertiary/aromatic N) is 5. The van der Waals surface area contributed by atoms with Crippen molar-refractivity contribution in [3.05, 3.63) is 36.4 Å². The van der Waals surface area contributed by atoms with Crippen LogP contribution in [0.1, 0.15) is 24.6 Å². The summed E-state index contributed by atoms with van der Waals surface area (Å²) in [4.78, 5) is 8.28. The second-order valence-electron chi connectivity index (χ2n) is 3.57. The van der Waals surface area contributed by atoms with E-state index in [0.717, 1.165) is 11.6 Å². The average Bonchev–Trinajstić information content (AvgIpc) is 2.74. The van der Waals surface area contributed by atoms with E-state index in [4.69, 9.17) is 0 Å². The Kier molecular flexibility index (Phi) is 3.21. The van der Waals surface area contributed by atoms with Gasteiger partial charge in [0.2, 0.25) is 0 Å². The van der Waals surface area contributed by atoms with Crippen molar-refractivity contribution in [2.75, 3.05) is 0 Å². The van der Waals surface area contributed by atoms with E-state index in [1.807, 2.05) is 18.5 Å². The highest BCUT2D eigenvalue weighted by Crippen LogP contribution is 2.07. The molecule has 2 heterocycles. The highest BCUT2D eigenvalue weighted by molar-refractivity contribution is 4.94. The van der Waals surface area contributed by atoms with Gasteiger partial charge in [-0.25, -0.2) is 9.97 Å². The molecular weight excluding hydrogens is 204 g/mol. The SMILES string of the molecule is CC(NCc1ncccn1)c1nncn1C. The zero-order valence-electron chi connectivity index (χ0n) is 9.33. The van der Waals surface area contributed by atoms with Crippen molar-refractivity contribution in [2.45, 2.75) is 19.5 Å². The summed E-state index contributed by atoms with van der Waals surface area (Å²) in [6.07, 6.45) is 5.15. The molecule has 2 aromatic heterocycles. The molecule has 2 aromatic rings. The van der Waals surface area contributed by atoms with Crippen LogP contribution in [0.4, 0.5) is 0 Å². The van der Waals surface area contributed by atoms with Crippen LogP contribution in [0.2, 0.25) is 0 Å². The lowest BCUT2D eigenvalue weighted by molar-refractivity contribution is 0.517. The third-order valence-corrected chi connectivity index (χ3v) is 2.32. The first-order valence-electron chi connectivity index (χ1n) is 5.10. The summed E-state index contributed by atoms with van der Waals surface area (Å²) in [6.45, 7) is 2.65. The Hall–Kier alpha value is -1.82. The summed E-state index contributed by atoms with van der Waals surface area (Å²) in [5.74, 6) is 1.67. The topological polar surface area (TPSA) is 68.5 Å². The minimum Gasteiger partial charge on any atom is -0.319 e. The van der Waals surface area contributed by atoms with Crippen molar-refractivity contribution in [3.8, 4) is 0 Å². The molecule has 0 aliphatic heterocycles. The lowest BCUT2D eigenvalue weighted by Crippen LogP contribution is -2.22. The Bertz CT molecular complexity index is 438. The van der Waals surface area contributed by atoms with Crippen molar-refractivity contribution in [2.24, 2.45) is 7.05 Å². The molecule has 0 spiro atoms. The normalized spacial score (nSPS) is 12.6. The first-order chi connectivity index (χ1) is 7.77. The smallest absolute Gasteiger partial charge is 0.149 e. The van der Waals surface area contributed by atoms with Crippen LogP contribution in [0.25, 0.3) is 0 Å². The number of nitrogens with one attached hydrogen (secondary N) is 1. The predicted octanol–water partition coefficient (Wildman–Crippen LogP) is 0.456. The van der Waals surface area contributed by atoms with Gasteiger partial charge in [0, 0.05) is 19.4 Å². The lowest BCUT2D eigenvalue weighted by Gasteiger charge is -2.11. The van der Waals surface area contributed by atoms with Crippen LogP contribution in [0.15, 0.2) is 24.8 Å². The molecule has 1 atom stereocenters. The van der Waals surface area contributed by atoms with Gasteiger partial charge < -0.3 is 9.88 Å². The Balaban J connectivity index is 1.94. The maximum Gasteiger partial charge on any atom is 0.149 e. The molecule has 0 saturated heterocycles. The largest absolute Gasteiger partial charge is 0.319 e. The van der Waals surface area contributed by atoms with E-state index < -0.39 is 0 Å². The number of rotatable bonds is 4. The van der Waals surface area contributed by atoms with Gasteiger partial charge in [0.25, 0.3) is 0 Å². The summed E-state index contributed by atoms with van der Waals surface area (Å²) in [7, 11) is 1.92. The average molecular weight is 218 g/mol. The molecule has 0 amide bonds. The van der Waals surface area contributed by atoms with E-state index in [1.165, 1.54) is 0 Å². The van der Waals surface area contributed by atoms with Crippen LogP contribution in [-0.2, 0) is 13.6 Å². The van der Waals surface area contributed by atoms with Crippen molar-refractivity contribution in [1.29, 1.82) is 0 Å². The van der Waals surface area contributed by atoms with Gasteiger partial charge in [-0.1, -0.05) is 0 Å². The van der Waals surface area contributed by atoms with E-state index in [2.05, 4.69) is 25.5 Å². The Morgan fingerprint density at radius 2 is 2.12 bits per heavy atom. The monoisotopic (exact) mass is 218 g/mol. The van der Waals surface area contributed by atoms with Crippen LogP contribution in [0.3, 0.4) is 0 Å². The highest BCUT2D eigenvalue weighted by Gasteiger charge is 2.10. The molecule has 0 aliphatic rings. The van der Waals surface area contributed by atoms with Gasteiger partial charge in [0.15, 0.2) is 0 Å². The van der Waals surface area contributed by atoms with Crippen molar-refractivity contribution in [3.63, 3.8) is 0 Å². The fourth-order valence-electron chi connectivity index (χ4n) is 1.44. The highest BCUT2D eigenvalue weighted by atomic mass is 15.3. The number of hydrogen-bond acceptors (Lipinski definition) is 5. The lowest BCUT2D eigenvalue weighted by atomic mass is 10.3. The molecule has 6 nitrogen and oxygen atoms in total. The van der Waals surface area contributed by atoms with Crippen molar-refractivity contribution < 1.29 is 0 Å². The molecule has 0 radical (unpaired) electrons. The molecule has 0 aliphatic carbocycles. The minimum atomic E-state index is 0.122. The first kappa shape index (κ1) is 10.7. The molecule has 16 heavy (non-hydrogen) atoms. The van der Waals surface area contributed by atoms with Gasteiger partial charge in [0.1, 0.15) is 18.0 Å². The molecule has 6 heteroatoms. The first-order valence-corrected chi connectivity index (χ1v) is 5.10. The van der Waals surface area contributed by atoms with Crippen LogP contribution in [-0.4, -0.2) is 24.7 Å². The number of aromatic nitrogens is 5. The summed E-state index contributed by atoms with van der Waals surface area (Å²) in [5.41, 5.74) is 0. The minimum absolute atomic E-state index is 0.122. The van der Waals surface area contributed by atoms with Gasteiger partial charge in [0.05, 0.1) is 12.6 Å². The summed E-state index contributed by atoms with van der Waals surface area (Å²) < 4.78 is 1.89. The van der Waals surface area contributed by atoms with Crippen LogP contribution >= 0.6 is 0 Å². The van der Waals surface area contributed by atoms with Crippen LogP contribution in [0, 0.1) is 0 Å². The van der Waals surface area contributed by atoms with E-state index in [9.17, 15) is 0 Å². The van der Waals surface area contributed by atoms with E-state index >= 15 is 0 Å². The number of aryl methyl sites for hydroxylation is 1. The Labute approximate surface area is 93.8 Å². The summed E-state index contributed by atoms with van der Waals surface area (Å²) in [5, 5.41) is 11.2. The maximum absolute atomic E-state index is 4.14. The van der Waals surface area contributed by atoms with E-state index in [-0.39, 0.29) is 6.04 Å².